The summed E-state index contributed by atoms with van der Waals surface area (Å²) >= 11 is 0. The molecule has 0 bridgehead atoms. The van der Waals surface area contributed by atoms with Crippen molar-refractivity contribution in [3.63, 3.8) is 0 Å². The minimum Gasteiger partial charge on any atom is -0.507 e. The van der Waals surface area contributed by atoms with Gasteiger partial charge in [-0.2, -0.15) is 0 Å². The smallest absolute Gasteiger partial charge is 0.198 e. The van der Waals surface area contributed by atoms with E-state index in [4.69, 9.17) is 14.2 Å². The molecule has 2 aliphatic heterocycles. The van der Waals surface area contributed by atoms with E-state index >= 15 is 0 Å². The SMILES string of the molecule is CC1OC(OC2CCC(c3ccc4c(c3O)C(=O)C3=C(C4=O)C4(O)C(=O)CC(C)(O)CC4(O)C=C3)OC2C)C=CC1=O. The van der Waals surface area contributed by atoms with E-state index in [-0.39, 0.29) is 34.2 Å². The third kappa shape index (κ3) is 4.18. The van der Waals surface area contributed by atoms with E-state index in [1.807, 2.05) is 0 Å². The molecule has 8 unspecified atom stereocenters. The van der Waals surface area contributed by atoms with Crippen LogP contribution in [0.4, 0.5) is 0 Å². The van der Waals surface area contributed by atoms with E-state index in [1.54, 1.807) is 19.9 Å². The van der Waals surface area contributed by atoms with Crippen LogP contribution in [0.5, 0.6) is 5.75 Å². The van der Waals surface area contributed by atoms with Crippen LogP contribution < -0.4 is 0 Å². The fourth-order valence-electron chi connectivity index (χ4n) is 6.80. The lowest BCUT2D eigenvalue weighted by Gasteiger charge is -2.51. The molecule has 1 saturated carbocycles. The molecule has 222 valence electrons. The molecule has 11 heteroatoms. The number of allylic oxidation sites excluding steroid dienone is 2. The molecule has 3 aliphatic carbocycles. The van der Waals surface area contributed by atoms with Gasteiger partial charge in [0.05, 0.1) is 35.0 Å². The van der Waals surface area contributed by atoms with Crippen LogP contribution in [-0.2, 0) is 23.8 Å². The Hall–Kier alpha value is -3.32. The first kappa shape index (κ1) is 28.8. The highest BCUT2D eigenvalue weighted by Crippen LogP contribution is 2.52. The Morgan fingerprint density at radius 1 is 0.976 bits per heavy atom. The summed E-state index contributed by atoms with van der Waals surface area (Å²) in [5.74, 6) is -3.24. The Balaban J connectivity index is 1.27. The van der Waals surface area contributed by atoms with Crippen molar-refractivity contribution in [1.29, 1.82) is 0 Å². The van der Waals surface area contributed by atoms with Gasteiger partial charge in [-0.25, -0.2) is 0 Å². The number of ether oxygens (including phenoxy) is 3. The number of Topliss-reactive ketones (excluding diaryl/α,β-unsaturated/α-hetero) is 3. The topological polar surface area (TPSA) is 177 Å². The summed E-state index contributed by atoms with van der Waals surface area (Å²) in [6.45, 7) is 4.78. The molecule has 0 aromatic heterocycles. The van der Waals surface area contributed by atoms with Crippen molar-refractivity contribution in [3.8, 4) is 5.75 Å². The van der Waals surface area contributed by atoms with Gasteiger partial charge in [-0.15, -0.1) is 0 Å². The normalized spacial score (nSPS) is 39.7. The largest absolute Gasteiger partial charge is 0.507 e. The Morgan fingerprint density at radius 2 is 1.71 bits per heavy atom. The first-order chi connectivity index (χ1) is 19.7. The lowest BCUT2D eigenvalue weighted by atomic mass is 9.57. The molecule has 6 rings (SSSR count). The number of aliphatic hydroxyl groups is 3. The number of hydrogen-bond acceptors (Lipinski definition) is 11. The van der Waals surface area contributed by atoms with Crippen molar-refractivity contribution in [3.05, 3.63) is 64.3 Å². The summed E-state index contributed by atoms with van der Waals surface area (Å²) in [6, 6.07) is 2.81. The van der Waals surface area contributed by atoms with Crippen LogP contribution >= 0.6 is 0 Å². The van der Waals surface area contributed by atoms with E-state index < -0.39 is 82.9 Å². The quantitative estimate of drug-likeness (QED) is 0.409. The number of phenolic OH excluding ortho intramolecular Hbond substituents is 1. The summed E-state index contributed by atoms with van der Waals surface area (Å²) in [7, 11) is 0. The molecule has 8 atom stereocenters. The number of rotatable bonds is 3. The van der Waals surface area contributed by atoms with Crippen LogP contribution in [0.2, 0.25) is 0 Å². The number of ketones is 4. The summed E-state index contributed by atoms with van der Waals surface area (Å²) < 4.78 is 17.7. The Morgan fingerprint density at radius 3 is 2.40 bits per heavy atom. The lowest BCUT2D eigenvalue weighted by Crippen LogP contribution is -2.69. The maximum Gasteiger partial charge on any atom is 0.198 e. The molecule has 0 spiro atoms. The van der Waals surface area contributed by atoms with Crippen molar-refractivity contribution in [2.75, 3.05) is 0 Å². The third-order valence-corrected chi connectivity index (χ3v) is 8.96. The van der Waals surface area contributed by atoms with Gasteiger partial charge in [0.25, 0.3) is 0 Å². The Kier molecular flexibility index (Phi) is 6.58. The highest BCUT2D eigenvalue weighted by atomic mass is 16.7. The van der Waals surface area contributed by atoms with E-state index in [9.17, 15) is 39.6 Å². The number of carbonyl (C=O) groups excluding carboxylic acids is 4. The predicted molar refractivity (Wildman–Crippen MR) is 144 cm³/mol. The molecule has 1 saturated heterocycles. The number of hydrogen-bond donors (Lipinski definition) is 4. The van der Waals surface area contributed by atoms with Crippen LogP contribution in [0.1, 0.15) is 78.8 Å². The monoisotopic (exact) mass is 580 g/mol. The molecule has 1 aromatic carbocycles. The Bertz CT molecular complexity index is 1520. The van der Waals surface area contributed by atoms with Crippen molar-refractivity contribution >= 4 is 23.1 Å². The standard InChI is InChI=1S/C31H32O11/c1-14-19(32)6-9-23(41-14)42-20-7-8-21(40-15(20)2)16-4-5-17-24(26(16)34)27(35)18-10-11-30(38)13-29(3,37)12-22(33)31(30,39)25(18)28(17)36/h4-6,9-11,14-15,20-21,23,34,37-39H,7-8,12-13H2,1-3H3. The van der Waals surface area contributed by atoms with E-state index in [0.717, 1.165) is 12.2 Å². The van der Waals surface area contributed by atoms with E-state index in [0.29, 0.717) is 12.8 Å². The fraction of sp³-hybridized carbons (Fsp3) is 0.484. The van der Waals surface area contributed by atoms with Crippen LogP contribution in [0.15, 0.2) is 47.6 Å². The highest BCUT2D eigenvalue weighted by molar-refractivity contribution is 6.32. The van der Waals surface area contributed by atoms with Crippen molar-refractivity contribution in [1.82, 2.24) is 0 Å². The van der Waals surface area contributed by atoms with Crippen LogP contribution in [0.25, 0.3) is 0 Å². The zero-order valence-electron chi connectivity index (χ0n) is 23.3. The molecule has 0 amide bonds. The van der Waals surface area contributed by atoms with Gasteiger partial charge in [0.15, 0.2) is 35.0 Å². The molecule has 0 radical (unpaired) electrons. The summed E-state index contributed by atoms with van der Waals surface area (Å²) in [6.07, 6.45) is 2.38. The average Bonchev–Trinajstić information content (AvgIpc) is 2.90. The van der Waals surface area contributed by atoms with Crippen LogP contribution in [0, 0.1) is 0 Å². The molecule has 5 aliphatic rings. The average molecular weight is 581 g/mol. The lowest BCUT2D eigenvalue weighted by molar-refractivity contribution is -0.215. The maximum atomic E-state index is 13.7. The van der Waals surface area contributed by atoms with Crippen molar-refractivity contribution < 1.29 is 53.8 Å². The van der Waals surface area contributed by atoms with Crippen LogP contribution in [0.3, 0.4) is 0 Å². The zero-order valence-corrected chi connectivity index (χ0v) is 23.3. The summed E-state index contributed by atoms with van der Waals surface area (Å²) in [5.41, 5.74) is -7.75. The predicted octanol–water partition coefficient (Wildman–Crippen LogP) is 1.71. The molecule has 11 nitrogen and oxygen atoms in total. The first-order valence-electron chi connectivity index (χ1n) is 13.9. The summed E-state index contributed by atoms with van der Waals surface area (Å²) in [5, 5.41) is 44.6. The van der Waals surface area contributed by atoms with E-state index in [2.05, 4.69) is 0 Å². The van der Waals surface area contributed by atoms with Gasteiger partial charge < -0.3 is 34.6 Å². The van der Waals surface area contributed by atoms with Gasteiger partial charge >= 0.3 is 0 Å². The van der Waals surface area contributed by atoms with Crippen molar-refractivity contribution in [2.45, 2.75) is 94.0 Å². The maximum absolute atomic E-state index is 13.7. The third-order valence-electron chi connectivity index (χ3n) is 8.96. The molecule has 42 heavy (non-hydrogen) atoms. The van der Waals surface area contributed by atoms with Gasteiger partial charge in [0, 0.05) is 29.5 Å². The molecular weight excluding hydrogens is 548 g/mol. The molecule has 2 fully saturated rings. The highest BCUT2D eigenvalue weighted by Gasteiger charge is 2.66. The Labute approximate surface area is 241 Å². The van der Waals surface area contributed by atoms with Crippen LogP contribution in [-0.4, -0.2) is 85.0 Å². The fourth-order valence-corrected chi connectivity index (χ4v) is 6.80. The second-order valence-corrected chi connectivity index (χ2v) is 12.1. The summed E-state index contributed by atoms with van der Waals surface area (Å²) in [4.78, 5) is 52.3. The molecule has 2 heterocycles. The number of phenols is 1. The first-order valence-corrected chi connectivity index (χ1v) is 13.9. The van der Waals surface area contributed by atoms with E-state index in [1.165, 1.54) is 25.1 Å². The number of aromatic hydroxyl groups is 1. The minimum absolute atomic E-state index is 0.145. The van der Waals surface area contributed by atoms with Gasteiger partial charge in [-0.05, 0) is 57.9 Å². The second-order valence-electron chi connectivity index (χ2n) is 12.1. The van der Waals surface area contributed by atoms with Gasteiger partial charge in [0.1, 0.15) is 17.5 Å². The number of benzene rings is 1. The van der Waals surface area contributed by atoms with Gasteiger partial charge in [-0.3, -0.25) is 19.2 Å². The minimum atomic E-state index is -2.74. The second kappa shape index (κ2) is 9.60. The molecular formula is C31H32O11. The van der Waals surface area contributed by atoms with Gasteiger partial charge in [0.2, 0.25) is 0 Å². The molecule has 4 N–H and O–H groups in total. The van der Waals surface area contributed by atoms with Crippen molar-refractivity contribution in [2.24, 2.45) is 0 Å². The zero-order chi connectivity index (χ0) is 30.4. The number of fused-ring (bicyclic) bond motifs is 3. The van der Waals surface area contributed by atoms with Gasteiger partial charge in [-0.1, -0.05) is 12.1 Å². The number of carbonyl (C=O) groups is 4. The molecule has 1 aromatic rings.